The largest absolute Gasteiger partial charge is 0.482 e. The number of amides is 1. The Labute approximate surface area is 160 Å². The molecule has 0 fully saturated rings. The minimum absolute atomic E-state index is 0.0332. The summed E-state index contributed by atoms with van der Waals surface area (Å²) in [5, 5.41) is 3.21. The summed E-state index contributed by atoms with van der Waals surface area (Å²) in [5.41, 5.74) is 0. The van der Waals surface area contributed by atoms with Crippen molar-refractivity contribution >= 4 is 50.5 Å². The molecule has 134 valence electrons. The average Bonchev–Trinajstić information content (AvgIpc) is 2.57. The molecule has 0 radical (unpaired) electrons. The SMILES string of the molecule is O=C(COc1cc(Cl)c(Cl)cc1Cl)NCCS(=O)(=O)c1ccccc1. The number of ether oxygens (including phenoxy) is 1. The normalized spacial score (nSPS) is 11.2. The van der Waals surface area contributed by atoms with Gasteiger partial charge in [-0.05, 0) is 18.2 Å². The Morgan fingerprint density at radius 3 is 2.32 bits per heavy atom. The first kappa shape index (κ1) is 19.8. The van der Waals surface area contributed by atoms with E-state index in [1.54, 1.807) is 18.2 Å². The topological polar surface area (TPSA) is 72.5 Å². The summed E-state index contributed by atoms with van der Waals surface area (Å²) in [7, 11) is -3.45. The van der Waals surface area contributed by atoms with Crippen LogP contribution in [0.4, 0.5) is 0 Å². The van der Waals surface area contributed by atoms with Gasteiger partial charge in [-0.3, -0.25) is 4.79 Å². The number of sulfone groups is 1. The van der Waals surface area contributed by atoms with Crippen LogP contribution in [0.1, 0.15) is 0 Å². The lowest BCUT2D eigenvalue weighted by Gasteiger charge is -2.10. The van der Waals surface area contributed by atoms with Crippen LogP contribution in [0.5, 0.6) is 5.75 Å². The standard InChI is InChI=1S/C16H14Cl3NO4S/c17-12-8-14(19)15(9-13(12)18)24-10-16(21)20-6-7-25(22,23)11-4-2-1-3-5-11/h1-5,8-9H,6-7,10H2,(H,20,21). The van der Waals surface area contributed by atoms with Gasteiger partial charge in [0.05, 0.1) is 25.7 Å². The lowest BCUT2D eigenvalue weighted by atomic mass is 10.3. The number of rotatable bonds is 7. The smallest absolute Gasteiger partial charge is 0.257 e. The van der Waals surface area contributed by atoms with Crippen LogP contribution >= 0.6 is 34.8 Å². The molecule has 0 aliphatic rings. The Bertz CT molecular complexity index is 857. The second kappa shape index (κ2) is 8.76. The van der Waals surface area contributed by atoms with Crippen LogP contribution in [0.2, 0.25) is 15.1 Å². The second-order valence-electron chi connectivity index (χ2n) is 4.97. The second-order valence-corrected chi connectivity index (χ2v) is 8.30. The number of carbonyl (C=O) groups excluding carboxylic acids is 1. The van der Waals surface area contributed by atoms with Crippen LogP contribution in [-0.4, -0.2) is 33.2 Å². The lowest BCUT2D eigenvalue weighted by Crippen LogP contribution is -2.32. The van der Waals surface area contributed by atoms with Crippen LogP contribution in [0, 0.1) is 0 Å². The van der Waals surface area contributed by atoms with E-state index in [1.807, 2.05) is 0 Å². The average molecular weight is 423 g/mol. The molecule has 1 amide bonds. The Morgan fingerprint density at radius 2 is 1.64 bits per heavy atom. The molecule has 0 atom stereocenters. The number of carbonyl (C=O) groups is 1. The van der Waals surface area contributed by atoms with Crippen LogP contribution < -0.4 is 10.1 Å². The minimum Gasteiger partial charge on any atom is -0.482 e. The van der Waals surface area contributed by atoms with Gasteiger partial charge in [0, 0.05) is 12.6 Å². The van der Waals surface area contributed by atoms with Gasteiger partial charge in [0.15, 0.2) is 16.4 Å². The number of halogens is 3. The van der Waals surface area contributed by atoms with E-state index in [0.717, 1.165) is 0 Å². The first-order valence-electron chi connectivity index (χ1n) is 7.11. The minimum atomic E-state index is -3.45. The molecule has 2 rings (SSSR count). The maximum Gasteiger partial charge on any atom is 0.257 e. The highest BCUT2D eigenvalue weighted by molar-refractivity contribution is 7.91. The predicted molar refractivity (Wildman–Crippen MR) is 98.5 cm³/mol. The molecule has 0 heterocycles. The number of nitrogens with one attached hydrogen (secondary N) is 1. The Morgan fingerprint density at radius 1 is 1.00 bits per heavy atom. The predicted octanol–water partition coefficient (Wildman–Crippen LogP) is 3.62. The fourth-order valence-corrected chi connectivity index (χ4v) is 3.65. The third-order valence-electron chi connectivity index (χ3n) is 3.13. The van der Waals surface area contributed by atoms with Crippen molar-refractivity contribution in [3.63, 3.8) is 0 Å². The summed E-state index contributed by atoms with van der Waals surface area (Å²) >= 11 is 17.6. The van der Waals surface area contributed by atoms with E-state index in [1.165, 1.54) is 24.3 Å². The van der Waals surface area contributed by atoms with Gasteiger partial charge < -0.3 is 10.1 Å². The van der Waals surface area contributed by atoms with Crippen LogP contribution in [0.15, 0.2) is 47.4 Å². The van der Waals surface area contributed by atoms with Gasteiger partial charge in [0.25, 0.3) is 5.91 Å². The molecule has 0 aliphatic heterocycles. The summed E-state index contributed by atoms with van der Waals surface area (Å²) in [6.45, 7) is -0.363. The van der Waals surface area contributed by atoms with E-state index < -0.39 is 15.7 Å². The molecular weight excluding hydrogens is 409 g/mol. The fraction of sp³-hybridized carbons (Fsp3) is 0.188. The zero-order chi connectivity index (χ0) is 18.4. The van der Waals surface area contributed by atoms with Crippen molar-refractivity contribution in [2.24, 2.45) is 0 Å². The zero-order valence-corrected chi connectivity index (χ0v) is 15.9. The van der Waals surface area contributed by atoms with E-state index >= 15 is 0 Å². The van der Waals surface area contributed by atoms with E-state index in [-0.39, 0.29) is 44.6 Å². The van der Waals surface area contributed by atoms with Gasteiger partial charge in [0.2, 0.25) is 0 Å². The van der Waals surface area contributed by atoms with Gasteiger partial charge in [-0.2, -0.15) is 0 Å². The molecule has 0 saturated heterocycles. The summed E-state index contributed by atoms with van der Waals surface area (Å²) < 4.78 is 29.4. The molecule has 1 N–H and O–H groups in total. The first-order valence-corrected chi connectivity index (χ1v) is 9.90. The van der Waals surface area contributed by atoms with Gasteiger partial charge in [-0.25, -0.2) is 8.42 Å². The van der Waals surface area contributed by atoms with Crippen LogP contribution in [0.3, 0.4) is 0 Å². The highest BCUT2D eigenvalue weighted by atomic mass is 35.5. The number of benzene rings is 2. The molecule has 25 heavy (non-hydrogen) atoms. The van der Waals surface area contributed by atoms with Gasteiger partial charge in [0.1, 0.15) is 5.75 Å². The third kappa shape index (κ3) is 5.78. The Balaban J connectivity index is 1.83. The van der Waals surface area contributed by atoms with Crippen molar-refractivity contribution in [1.29, 1.82) is 0 Å². The van der Waals surface area contributed by atoms with Gasteiger partial charge >= 0.3 is 0 Å². The fourth-order valence-electron chi connectivity index (χ4n) is 1.88. The summed E-state index contributed by atoms with van der Waals surface area (Å²) in [4.78, 5) is 12.0. The lowest BCUT2D eigenvalue weighted by molar-refractivity contribution is -0.122. The van der Waals surface area contributed by atoms with Crippen molar-refractivity contribution in [3.05, 3.63) is 57.5 Å². The molecule has 0 bridgehead atoms. The quantitative estimate of drug-likeness (QED) is 0.692. The Kier molecular flexibility index (Phi) is 6.95. The molecule has 0 spiro atoms. The third-order valence-corrected chi connectivity index (χ3v) is 5.88. The first-order chi connectivity index (χ1) is 11.8. The van der Waals surface area contributed by atoms with Crippen molar-refractivity contribution in [3.8, 4) is 5.75 Å². The van der Waals surface area contributed by atoms with E-state index in [2.05, 4.69) is 5.32 Å². The molecule has 2 aromatic carbocycles. The van der Waals surface area contributed by atoms with E-state index in [9.17, 15) is 13.2 Å². The van der Waals surface area contributed by atoms with E-state index in [0.29, 0.717) is 0 Å². The highest BCUT2D eigenvalue weighted by Crippen LogP contribution is 2.33. The maximum absolute atomic E-state index is 12.1. The molecule has 0 aromatic heterocycles. The van der Waals surface area contributed by atoms with Crippen molar-refractivity contribution in [1.82, 2.24) is 5.32 Å². The summed E-state index contributed by atoms with van der Waals surface area (Å²) in [6, 6.07) is 10.8. The number of hydrogen-bond acceptors (Lipinski definition) is 4. The highest BCUT2D eigenvalue weighted by Gasteiger charge is 2.14. The molecular formula is C16H14Cl3NO4S. The summed E-state index contributed by atoms with van der Waals surface area (Å²) in [5.74, 6) is -0.482. The van der Waals surface area contributed by atoms with Crippen LogP contribution in [0.25, 0.3) is 0 Å². The van der Waals surface area contributed by atoms with Crippen LogP contribution in [-0.2, 0) is 14.6 Å². The molecule has 9 heteroatoms. The van der Waals surface area contributed by atoms with Gasteiger partial charge in [-0.1, -0.05) is 53.0 Å². The molecule has 5 nitrogen and oxygen atoms in total. The maximum atomic E-state index is 12.1. The number of hydrogen-bond donors (Lipinski definition) is 1. The van der Waals surface area contributed by atoms with Gasteiger partial charge in [-0.15, -0.1) is 0 Å². The van der Waals surface area contributed by atoms with Crippen molar-refractivity contribution in [2.75, 3.05) is 18.9 Å². The summed E-state index contributed by atoms with van der Waals surface area (Å²) in [6.07, 6.45) is 0. The molecule has 0 saturated carbocycles. The van der Waals surface area contributed by atoms with E-state index in [4.69, 9.17) is 39.5 Å². The monoisotopic (exact) mass is 421 g/mol. The van der Waals surface area contributed by atoms with Crippen molar-refractivity contribution < 1.29 is 17.9 Å². The van der Waals surface area contributed by atoms with Crippen molar-refractivity contribution in [2.45, 2.75) is 4.90 Å². The Hall–Kier alpha value is -1.47. The molecule has 2 aromatic rings. The molecule has 0 aliphatic carbocycles. The zero-order valence-electron chi connectivity index (χ0n) is 12.8. The molecule has 0 unspecified atom stereocenters.